The Balaban J connectivity index is 2.09. The lowest BCUT2D eigenvalue weighted by Gasteiger charge is -2.10. The topological polar surface area (TPSA) is 58.2 Å². The lowest BCUT2D eigenvalue weighted by molar-refractivity contribution is -0.119. The molecular formula is C18H20N2O2. The van der Waals surface area contributed by atoms with E-state index in [-0.39, 0.29) is 11.8 Å². The highest BCUT2D eigenvalue weighted by Crippen LogP contribution is 2.16. The van der Waals surface area contributed by atoms with Crippen molar-refractivity contribution >= 4 is 17.5 Å². The predicted molar refractivity (Wildman–Crippen MR) is 88.1 cm³/mol. The monoisotopic (exact) mass is 296 g/mol. The lowest BCUT2D eigenvalue weighted by atomic mass is 10.0. The number of carbonyl (C=O) groups is 2. The van der Waals surface area contributed by atoms with Crippen LogP contribution in [0.25, 0.3) is 0 Å². The van der Waals surface area contributed by atoms with Crippen LogP contribution in [-0.2, 0) is 11.2 Å². The number of nitrogens with one attached hydrogen (secondary N) is 2. The van der Waals surface area contributed by atoms with Gasteiger partial charge in [-0.1, -0.05) is 24.3 Å². The third-order valence-electron chi connectivity index (χ3n) is 3.70. The van der Waals surface area contributed by atoms with E-state index in [0.717, 1.165) is 16.7 Å². The van der Waals surface area contributed by atoms with Gasteiger partial charge in [0.15, 0.2) is 0 Å². The van der Waals surface area contributed by atoms with Crippen molar-refractivity contribution in [2.45, 2.75) is 20.3 Å². The summed E-state index contributed by atoms with van der Waals surface area (Å²) < 4.78 is 0. The minimum Gasteiger partial charge on any atom is -0.359 e. The average Bonchev–Trinajstić information content (AvgIpc) is 2.51. The van der Waals surface area contributed by atoms with Crippen molar-refractivity contribution in [1.29, 1.82) is 0 Å². The molecule has 0 spiro atoms. The molecule has 2 amide bonds. The van der Waals surface area contributed by atoms with Gasteiger partial charge in [0.05, 0.1) is 6.42 Å². The van der Waals surface area contributed by atoms with Gasteiger partial charge in [-0.05, 0) is 48.7 Å². The summed E-state index contributed by atoms with van der Waals surface area (Å²) in [5.41, 5.74) is 4.37. The first-order valence-corrected chi connectivity index (χ1v) is 7.18. The fourth-order valence-corrected chi connectivity index (χ4v) is 2.18. The third kappa shape index (κ3) is 3.73. The molecule has 0 fully saturated rings. The highest BCUT2D eigenvalue weighted by molar-refractivity contribution is 6.05. The van der Waals surface area contributed by atoms with E-state index in [1.165, 1.54) is 0 Å². The van der Waals surface area contributed by atoms with E-state index in [2.05, 4.69) is 10.6 Å². The van der Waals surface area contributed by atoms with Gasteiger partial charge >= 0.3 is 0 Å². The van der Waals surface area contributed by atoms with Crippen LogP contribution in [0.5, 0.6) is 0 Å². The first-order chi connectivity index (χ1) is 10.5. The zero-order valence-corrected chi connectivity index (χ0v) is 13.1. The summed E-state index contributed by atoms with van der Waals surface area (Å²) in [6.07, 6.45) is 0.335. The normalized spacial score (nSPS) is 10.1. The van der Waals surface area contributed by atoms with E-state index in [4.69, 9.17) is 0 Å². The summed E-state index contributed by atoms with van der Waals surface area (Å²) in [6.45, 7) is 3.93. The summed E-state index contributed by atoms with van der Waals surface area (Å²) in [5, 5.41) is 5.47. The van der Waals surface area contributed by atoms with E-state index < -0.39 is 0 Å². The summed E-state index contributed by atoms with van der Waals surface area (Å²) in [5.74, 6) is -0.160. The van der Waals surface area contributed by atoms with Gasteiger partial charge in [0.1, 0.15) is 0 Å². The van der Waals surface area contributed by atoms with Gasteiger partial charge in [-0.3, -0.25) is 9.59 Å². The summed E-state index contributed by atoms with van der Waals surface area (Å²) in [7, 11) is 1.61. The summed E-state index contributed by atoms with van der Waals surface area (Å²) in [6, 6.07) is 13.0. The Kier molecular flexibility index (Phi) is 4.94. The molecule has 0 heterocycles. The molecule has 114 valence electrons. The van der Waals surface area contributed by atoms with Gasteiger partial charge in [-0.25, -0.2) is 0 Å². The second kappa shape index (κ2) is 6.89. The molecule has 2 rings (SSSR count). The Morgan fingerprint density at radius 3 is 2.32 bits per heavy atom. The van der Waals surface area contributed by atoms with Crippen LogP contribution in [-0.4, -0.2) is 18.9 Å². The van der Waals surface area contributed by atoms with Gasteiger partial charge in [0.2, 0.25) is 5.91 Å². The summed E-state index contributed by atoms with van der Waals surface area (Å²) >= 11 is 0. The SMILES string of the molecule is CNC(=O)Cc1ccc(NC(=O)c2cccc(C)c2C)cc1. The van der Waals surface area contributed by atoms with Gasteiger partial charge in [-0.15, -0.1) is 0 Å². The quantitative estimate of drug-likeness (QED) is 0.911. The zero-order chi connectivity index (χ0) is 16.1. The van der Waals surface area contributed by atoms with E-state index in [1.807, 2.05) is 44.2 Å². The minimum absolute atomic E-state index is 0.0350. The average molecular weight is 296 g/mol. The van der Waals surface area contributed by atoms with Crippen LogP contribution < -0.4 is 10.6 Å². The number of aryl methyl sites for hydroxylation is 1. The number of carbonyl (C=O) groups excluding carboxylic acids is 2. The molecule has 2 N–H and O–H groups in total. The Labute approximate surface area is 130 Å². The molecule has 0 saturated carbocycles. The first-order valence-electron chi connectivity index (χ1n) is 7.18. The molecule has 4 heteroatoms. The highest BCUT2D eigenvalue weighted by atomic mass is 16.2. The molecule has 0 radical (unpaired) electrons. The number of rotatable bonds is 4. The summed E-state index contributed by atoms with van der Waals surface area (Å²) in [4.78, 5) is 23.6. The largest absolute Gasteiger partial charge is 0.359 e. The number of hydrogen-bond acceptors (Lipinski definition) is 2. The van der Waals surface area contributed by atoms with Crippen LogP contribution in [0, 0.1) is 13.8 Å². The van der Waals surface area contributed by atoms with Gasteiger partial charge in [0.25, 0.3) is 5.91 Å². The molecule has 0 aliphatic heterocycles. The Bertz CT molecular complexity index is 691. The van der Waals surface area contributed by atoms with Crippen molar-refractivity contribution in [3.8, 4) is 0 Å². The second-order valence-electron chi connectivity index (χ2n) is 5.25. The van der Waals surface area contributed by atoms with Gasteiger partial charge in [-0.2, -0.15) is 0 Å². The van der Waals surface area contributed by atoms with Crippen LogP contribution >= 0.6 is 0 Å². The number of hydrogen-bond donors (Lipinski definition) is 2. The molecule has 0 bridgehead atoms. The maximum Gasteiger partial charge on any atom is 0.255 e. The molecule has 2 aromatic carbocycles. The van der Waals surface area contributed by atoms with Crippen molar-refractivity contribution in [3.05, 3.63) is 64.7 Å². The number of amides is 2. The van der Waals surface area contributed by atoms with E-state index in [0.29, 0.717) is 17.7 Å². The number of likely N-dealkylation sites (N-methyl/N-ethyl adjacent to an activating group) is 1. The fourth-order valence-electron chi connectivity index (χ4n) is 2.18. The number of anilines is 1. The molecule has 0 unspecified atom stereocenters. The standard InChI is InChI=1S/C18H20N2O2/c1-12-5-4-6-16(13(12)2)18(22)20-15-9-7-14(8-10-15)11-17(21)19-3/h4-10H,11H2,1-3H3,(H,19,21)(H,20,22). The molecule has 4 nitrogen and oxygen atoms in total. The van der Waals surface area contributed by atoms with Crippen LogP contribution in [0.3, 0.4) is 0 Å². The molecule has 0 atom stereocenters. The molecule has 0 aliphatic rings. The second-order valence-corrected chi connectivity index (χ2v) is 5.25. The zero-order valence-electron chi connectivity index (χ0n) is 13.1. The third-order valence-corrected chi connectivity index (χ3v) is 3.70. The first kappa shape index (κ1) is 15.8. The van der Waals surface area contributed by atoms with Crippen LogP contribution in [0.2, 0.25) is 0 Å². The molecule has 0 aliphatic carbocycles. The van der Waals surface area contributed by atoms with Crippen LogP contribution in [0.4, 0.5) is 5.69 Å². The smallest absolute Gasteiger partial charge is 0.255 e. The van der Waals surface area contributed by atoms with Crippen LogP contribution in [0.15, 0.2) is 42.5 Å². The van der Waals surface area contributed by atoms with Crippen molar-refractivity contribution in [2.24, 2.45) is 0 Å². The van der Waals surface area contributed by atoms with Crippen molar-refractivity contribution in [2.75, 3.05) is 12.4 Å². The minimum atomic E-state index is -0.125. The van der Waals surface area contributed by atoms with E-state index in [9.17, 15) is 9.59 Å². The van der Waals surface area contributed by atoms with Crippen molar-refractivity contribution < 1.29 is 9.59 Å². The Hall–Kier alpha value is -2.62. The fraction of sp³-hybridized carbons (Fsp3) is 0.222. The van der Waals surface area contributed by atoms with Gasteiger partial charge in [0, 0.05) is 18.3 Å². The van der Waals surface area contributed by atoms with Gasteiger partial charge < -0.3 is 10.6 Å². The van der Waals surface area contributed by atoms with E-state index in [1.54, 1.807) is 19.2 Å². The Morgan fingerprint density at radius 1 is 1.00 bits per heavy atom. The van der Waals surface area contributed by atoms with Crippen molar-refractivity contribution in [1.82, 2.24) is 5.32 Å². The molecule has 2 aromatic rings. The molecule has 22 heavy (non-hydrogen) atoms. The maximum atomic E-state index is 12.3. The predicted octanol–water partition coefficient (Wildman–Crippen LogP) is 2.84. The highest BCUT2D eigenvalue weighted by Gasteiger charge is 2.10. The molecular weight excluding hydrogens is 276 g/mol. The maximum absolute atomic E-state index is 12.3. The Morgan fingerprint density at radius 2 is 1.68 bits per heavy atom. The lowest BCUT2D eigenvalue weighted by Crippen LogP contribution is -2.19. The van der Waals surface area contributed by atoms with E-state index >= 15 is 0 Å². The molecule has 0 aromatic heterocycles. The van der Waals surface area contributed by atoms with Crippen molar-refractivity contribution in [3.63, 3.8) is 0 Å². The molecule has 0 saturated heterocycles. The number of benzene rings is 2. The van der Waals surface area contributed by atoms with Crippen LogP contribution in [0.1, 0.15) is 27.0 Å².